The van der Waals surface area contributed by atoms with Crippen molar-refractivity contribution in [2.75, 3.05) is 18.0 Å². The van der Waals surface area contributed by atoms with E-state index in [9.17, 15) is 0 Å². The van der Waals surface area contributed by atoms with Crippen LogP contribution in [0.2, 0.25) is 0 Å². The third-order valence-corrected chi connectivity index (χ3v) is 4.71. The van der Waals surface area contributed by atoms with Crippen LogP contribution in [0.5, 0.6) is 0 Å². The van der Waals surface area contributed by atoms with Crippen molar-refractivity contribution in [3.05, 3.63) is 66.1 Å². The molecule has 0 bridgehead atoms. The Kier molecular flexibility index (Phi) is 4.48. The van der Waals surface area contributed by atoms with Crippen LogP contribution < -0.4 is 10.2 Å². The van der Waals surface area contributed by atoms with Gasteiger partial charge in [-0.1, -0.05) is 47.6 Å². The Balaban J connectivity index is 1.35. The highest BCUT2D eigenvalue weighted by Gasteiger charge is 2.22. The SMILES string of the molecule is Cc1ccccc1-c1noc(CNC2CCN(c3ccccc3)C2)n1. The highest BCUT2D eigenvalue weighted by Crippen LogP contribution is 2.21. The first-order valence-corrected chi connectivity index (χ1v) is 8.71. The van der Waals surface area contributed by atoms with E-state index in [4.69, 9.17) is 4.52 Å². The van der Waals surface area contributed by atoms with Crippen LogP contribution in [0, 0.1) is 6.92 Å². The van der Waals surface area contributed by atoms with E-state index in [0.29, 0.717) is 24.3 Å². The maximum absolute atomic E-state index is 5.41. The smallest absolute Gasteiger partial charge is 0.240 e. The van der Waals surface area contributed by atoms with Gasteiger partial charge in [-0.15, -0.1) is 0 Å². The van der Waals surface area contributed by atoms with Crippen molar-refractivity contribution < 1.29 is 4.52 Å². The van der Waals surface area contributed by atoms with Gasteiger partial charge in [0.2, 0.25) is 11.7 Å². The summed E-state index contributed by atoms with van der Waals surface area (Å²) >= 11 is 0. The minimum absolute atomic E-state index is 0.439. The second-order valence-corrected chi connectivity index (χ2v) is 6.47. The van der Waals surface area contributed by atoms with Gasteiger partial charge in [0, 0.05) is 30.4 Å². The third-order valence-electron chi connectivity index (χ3n) is 4.71. The van der Waals surface area contributed by atoms with E-state index in [0.717, 1.165) is 30.6 Å². The fourth-order valence-corrected chi connectivity index (χ4v) is 3.29. The molecule has 3 aromatic rings. The summed E-state index contributed by atoms with van der Waals surface area (Å²) in [6.45, 7) is 4.73. The summed E-state index contributed by atoms with van der Waals surface area (Å²) in [6, 6.07) is 19.1. The molecule has 1 aliphatic heterocycles. The Bertz CT molecular complexity index is 830. The summed E-state index contributed by atoms with van der Waals surface area (Å²) in [4.78, 5) is 6.93. The van der Waals surface area contributed by atoms with Crippen molar-refractivity contribution in [1.29, 1.82) is 0 Å². The lowest BCUT2D eigenvalue weighted by Crippen LogP contribution is -2.32. The van der Waals surface area contributed by atoms with Gasteiger partial charge < -0.3 is 14.7 Å². The lowest BCUT2D eigenvalue weighted by Gasteiger charge is -2.18. The molecule has 0 aliphatic carbocycles. The first kappa shape index (κ1) is 15.8. The van der Waals surface area contributed by atoms with Crippen LogP contribution in [0.15, 0.2) is 59.1 Å². The number of nitrogens with one attached hydrogen (secondary N) is 1. The average molecular weight is 334 g/mol. The second-order valence-electron chi connectivity index (χ2n) is 6.47. The lowest BCUT2D eigenvalue weighted by molar-refractivity contribution is 0.359. The average Bonchev–Trinajstić information content (AvgIpc) is 3.31. The topological polar surface area (TPSA) is 54.2 Å². The highest BCUT2D eigenvalue weighted by molar-refractivity contribution is 5.58. The van der Waals surface area contributed by atoms with Crippen LogP contribution in [0.3, 0.4) is 0 Å². The number of nitrogens with zero attached hydrogens (tertiary/aromatic N) is 3. The fourth-order valence-electron chi connectivity index (χ4n) is 3.29. The predicted molar refractivity (Wildman–Crippen MR) is 98.4 cm³/mol. The van der Waals surface area contributed by atoms with E-state index >= 15 is 0 Å². The molecule has 1 unspecified atom stereocenters. The van der Waals surface area contributed by atoms with Crippen molar-refractivity contribution in [2.45, 2.75) is 25.9 Å². The Morgan fingerprint density at radius 1 is 1.12 bits per heavy atom. The van der Waals surface area contributed by atoms with Gasteiger partial charge >= 0.3 is 0 Å². The summed E-state index contributed by atoms with van der Waals surface area (Å²) in [7, 11) is 0. The van der Waals surface area contributed by atoms with Crippen LogP contribution in [-0.2, 0) is 6.54 Å². The molecule has 0 saturated carbocycles. The number of rotatable bonds is 5. The number of hydrogen-bond acceptors (Lipinski definition) is 5. The molecule has 1 N–H and O–H groups in total. The highest BCUT2D eigenvalue weighted by atomic mass is 16.5. The standard InChI is InChI=1S/C20H22N4O/c1-15-7-5-6-10-18(15)20-22-19(25-23-20)13-21-16-11-12-24(14-16)17-8-3-2-4-9-17/h2-10,16,21H,11-14H2,1H3. The maximum atomic E-state index is 5.41. The van der Waals surface area contributed by atoms with E-state index in [-0.39, 0.29) is 0 Å². The number of aromatic nitrogens is 2. The van der Waals surface area contributed by atoms with Gasteiger partial charge in [-0.3, -0.25) is 0 Å². The van der Waals surface area contributed by atoms with Crippen molar-refractivity contribution in [1.82, 2.24) is 15.5 Å². The number of benzene rings is 2. The van der Waals surface area contributed by atoms with Crippen molar-refractivity contribution in [3.63, 3.8) is 0 Å². The van der Waals surface area contributed by atoms with Crippen LogP contribution in [0.4, 0.5) is 5.69 Å². The van der Waals surface area contributed by atoms with E-state index < -0.39 is 0 Å². The molecule has 1 aliphatic rings. The van der Waals surface area contributed by atoms with Crippen molar-refractivity contribution >= 4 is 5.69 Å². The number of aryl methyl sites for hydroxylation is 1. The quantitative estimate of drug-likeness (QED) is 0.775. The molecular formula is C20H22N4O. The number of para-hydroxylation sites is 1. The van der Waals surface area contributed by atoms with Crippen LogP contribution >= 0.6 is 0 Å². The maximum Gasteiger partial charge on any atom is 0.240 e. The second kappa shape index (κ2) is 7.07. The lowest BCUT2D eigenvalue weighted by atomic mass is 10.1. The van der Waals surface area contributed by atoms with Gasteiger partial charge in [-0.2, -0.15) is 4.98 Å². The molecule has 2 heterocycles. The van der Waals surface area contributed by atoms with Gasteiger partial charge in [-0.05, 0) is 31.0 Å². The number of hydrogen-bond donors (Lipinski definition) is 1. The molecule has 1 fully saturated rings. The van der Waals surface area contributed by atoms with Gasteiger partial charge in [0.25, 0.3) is 0 Å². The minimum atomic E-state index is 0.439. The molecule has 1 atom stereocenters. The first-order chi connectivity index (χ1) is 12.3. The normalized spacial score (nSPS) is 17.2. The van der Waals surface area contributed by atoms with Crippen molar-refractivity contribution in [3.8, 4) is 11.4 Å². The molecule has 0 amide bonds. The molecule has 5 nitrogen and oxygen atoms in total. The van der Waals surface area contributed by atoms with Crippen LogP contribution in [-0.4, -0.2) is 29.3 Å². The molecule has 128 valence electrons. The summed E-state index contributed by atoms with van der Waals surface area (Å²) in [5, 5.41) is 7.66. The van der Waals surface area contributed by atoms with Crippen LogP contribution in [0.1, 0.15) is 17.9 Å². The molecule has 1 saturated heterocycles. The summed E-state index contributed by atoms with van der Waals surface area (Å²) in [6.07, 6.45) is 1.12. The van der Waals surface area contributed by atoms with Gasteiger partial charge in [0.05, 0.1) is 6.54 Å². The molecule has 25 heavy (non-hydrogen) atoms. The Hall–Kier alpha value is -2.66. The molecule has 4 rings (SSSR count). The van der Waals surface area contributed by atoms with Crippen LogP contribution in [0.25, 0.3) is 11.4 Å². The Labute approximate surface area is 147 Å². The fraction of sp³-hybridized carbons (Fsp3) is 0.300. The van der Waals surface area contributed by atoms with Gasteiger partial charge in [0.1, 0.15) is 0 Å². The summed E-state index contributed by atoms with van der Waals surface area (Å²) < 4.78 is 5.41. The molecule has 2 aromatic carbocycles. The van der Waals surface area contributed by atoms with E-state index in [1.165, 1.54) is 5.69 Å². The monoisotopic (exact) mass is 334 g/mol. The third kappa shape index (κ3) is 3.56. The zero-order valence-electron chi connectivity index (χ0n) is 14.4. The molecule has 0 spiro atoms. The summed E-state index contributed by atoms with van der Waals surface area (Å²) in [5.41, 5.74) is 3.46. The molecule has 1 aromatic heterocycles. The zero-order chi connectivity index (χ0) is 17.1. The Morgan fingerprint density at radius 2 is 1.92 bits per heavy atom. The molecular weight excluding hydrogens is 312 g/mol. The number of anilines is 1. The first-order valence-electron chi connectivity index (χ1n) is 8.71. The summed E-state index contributed by atoms with van der Waals surface area (Å²) in [5.74, 6) is 1.30. The van der Waals surface area contributed by atoms with Gasteiger partial charge in [0.15, 0.2) is 0 Å². The predicted octanol–water partition coefficient (Wildman–Crippen LogP) is 3.41. The zero-order valence-corrected chi connectivity index (χ0v) is 14.4. The largest absolute Gasteiger partial charge is 0.370 e. The van der Waals surface area contributed by atoms with Crippen molar-refractivity contribution in [2.24, 2.45) is 0 Å². The van der Waals surface area contributed by atoms with E-state index in [1.54, 1.807) is 0 Å². The minimum Gasteiger partial charge on any atom is -0.370 e. The molecule has 5 heteroatoms. The Morgan fingerprint density at radius 3 is 2.76 bits per heavy atom. The van der Waals surface area contributed by atoms with E-state index in [1.807, 2.05) is 18.2 Å². The van der Waals surface area contributed by atoms with Gasteiger partial charge in [-0.25, -0.2) is 0 Å². The van der Waals surface area contributed by atoms with E-state index in [2.05, 4.69) is 63.7 Å². The molecule has 0 radical (unpaired) electrons.